The summed E-state index contributed by atoms with van der Waals surface area (Å²) in [6.07, 6.45) is 0. The lowest BCUT2D eigenvalue weighted by molar-refractivity contribution is 0.683. The predicted octanol–water partition coefficient (Wildman–Crippen LogP) is 3.56. The molecule has 20 heavy (non-hydrogen) atoms. The van der Waals surface area contributed by atoms with E-state index in [9.17, 15) is 0 Å². The molecule has 2 aromatic rings. The molecule has 0 saturated heterocycles. The minimum absolute atomic E-state index is 0.324. The van der Waals surface area contributed by atoms with E-state index < -0.39 is 0 Å². The highest BCUT2D eigenvalue weighted by Crippen LogP contribution is 2.27. The van der Waals surface area contributed by atoms with Crippen LogP contribution in [-0.4, -0.2) is 6.04 Å². The molecule has 0 amide bonds. The zero-order valence-electron chi connectivity index (χ0n) is 11.9. The van der Waals surface area contributed by atoms with Crippen molar-refractivity contribution in [3.05, 3.63) is 59.7 Å². The van der Waals surface area contributed by atoms with Crippen LogP contribution in [0.4, 0.5) is 11.4 Å². The highest BCUT2D eigenvalue weighted by atomic mass is 15.2. The summed E-state index contributed by atoms with van der Waals surface area (Å²) in [4.78, 5) is 2.24. The molecule has 0 saturated carbocycles. The van der Waals surface area contributed by atoms with Crippen LogP contribution in [0, 0.1) is 11.3 Å². The fraction of sp³-hybridized carbons (Fsp3) is 0.235. The van der Waals surface area contributed by atoms with Gasteiger partial charge in [0.1, 0.15) is 0 Å². The van der Waals surface area contributed by atoms with Crippen LogP contribution in [0.1, 0.15) is 25.0 Å². The van der Waals surface area contributed by atoms with E-state index in [2.05, 4.69) is 36.9 Å². The molecule has 0 unspecified atom stereocenters. The second-order valence-electron chi connectivity index (χ2n) is 5.09. The van der Waals surface area contributed by atoms with Gasteiger partial charge < -0.3 is 10.6 Å². The average Bonchev–Trinajstić information content (AvgIpc) is 2.46. The minimum Gasteiger partial charge on any atom is -0.397 e. The molecule has 0 aliphatic carbocycles. The number of nitrogens with two attached hydrogens (primary N) is 1. The van der Waals surface area contributed by atoms with E-state index in [4.69, 9.17) is 11.0 Å². The SMILES string of the molecule is CC(C)N(Cc1ccccc1)c1ccc(C#N)cc1N. The van der Waals surface area contributed by atoms with Crippen molar-refractivity contribution in [3.8, 4) is 6.07 Å². The van der Waals surface area contributed by atoms with Crippen molar-refractivity contribution in [1.82, 2.24) is 0 Å². The summed E-state index contributed by atoms with van der Waals surface area (Å²) >= 11 is 0. The number of hydrogen-bond acceptors (Lipinski definition) is 3. The molecule has 0 fully saturated rings. The van der Waals surface area contributed by atoms with Crippen LogP contribution < -0.4 is 10.6 Å². The summed E-state index contributed by atoms with van der Waals surface area (Å²) in [7, 11) is 0. The van der Waals surface area contributed by atoms with Crippen molar-refractivity contribution in [2.75, 3.05) is 10.6 Å². The third-order valence-corrected chi connectivity index (χ3v) is 3.29. The summed E-state index contributed by atoms with van der Waals surface area (Å²) in [5.74, 6) is 0. The number of anilines is 2. The number of nitrogen functional groups attached to an aromatic ring is 1. The molecule has 3 heteroatoms. The fourth-order valence-corrected chi connectivity index (χ4v) is 2.21. The van der Waals surface area contributed by atoms with Gasteiger partial charge in [-0.25, -0.2) is 0 Å². The van der Waals surface area contributed by atoms with Crippen LogP contribution in [0.5, 0.6) is 0 Å². The largest absolute Gasteiger partial charge is 0.397 e. The first-order valence-corrected chi connectivity index (χ1v) is 6.72. The molecule has 102 valence electrons. The molecule has 3 nitrogen and oxygen atoms in total. The number of benzene rings is 2. The molecule has 0 heterocycles. The highest BCUT2D eigenvalue weighted by molar-refractivity contribution is 5.70. The van der Waals surface area contributed by atoms with Crippen LogP contribution in [0.3, 0.4) is 0 Å². The second-order valence-corrected chi connectivity index (χ2v) is 5.09. The van der Waals surface area contributed by atoms with E-state index in [1.54, 1.807) is 6.07 Å². The monoisotopic (exact) mass is 265 g/mol. The smallest absolute Gasteiger partial charge is 0.0992 e. The lowest BCUT2D eigenvalue weighted by atomic mass is 10.1. The average molecular weight is 265 g/mol. The summed E-state index contributed by atoms with van der Waals surface area (Å²) in [6.45, 7) is 5.08. The van der Waals surface area contributed by atoms with Crippen LogP contribution in [0.25, 0.3) is 0 Å². The van der Waals surface area contributed by atoms with Crippen molar-refractivity contribution < 1.29 is 0 Å². The maximum atomic E-state index is 8.92. The number of hydrogen-bond donors (Lipinski definition) is 1. The van der Waals surface area contributed by atoms with Crippen molar-refractivity contribution >= 4 is 11.4 Å². The van der Waals surface area contributed by atoms with Gasteiger partial charge in [0.05, 0.1) is 23.0 Å². The van der Waals surface area contributed by atoms with Crippen molar-refractivity contribution in [1.29, 1.82) is 5.26 Å². The van der Waals surface area contributed by atoms with Crippen LogP contribution in [0.15, 0.2) is 48.5 Å². The minimum atomic E-state index is 0.324. The van der Waals surface area contributed by atoms with E-state index in [1.807, 2.05) is 30.3 Å². The van der Waals surface area contributed by atoms with Gasteiger partial charge in [-0.15, -0.1) is 0 Å². The Hall–Kier alpha value is -2.47. The summed E-state index contributed by atoms with van der Waals surface area (Å²) in [6, 6.07) is 18.2. The van der Waals surface area contributed by atoms with E-state index in [1.165, 1.54) is 5.56 Å². The second kappa shape index (κ2) is 6.12. The zero-order valence-corrected chi connectivity index (χ0v) is 11.9. The Morgan fingerprint density at radius 1 is 1.15 bits per heavy atom. The van der Waals surface area contributed by atoms with Gasteiger partial charge in [0.15, 0.2) is 0 Å². The lowest BCUT2D eigenvalue weighted by Crippen LogP contribution is -2.30. The summed E-state index contributed by atoms with van der Waals surface area (Å²) < 4.78 is 0. The molecule has 0 spiro atoms. The van der Waals surface area contributed by atoms with Gasteiger partial charge in [-0.3, -0.25) is 0 Å². The first-order chi connectivity index (χ1) is 9.61. The molecule has 2 rings (SSSR count). The first-order valence-electron chi connectivity index (χ1n) is 6.72. The first kappa shape index (κ1) is 14.0. The molecular weight excluding hydrogens is 246 g/mol. The molecule has 2 N–H and O–H groups in total. The van der Waals surface area contributed by atoms with Gasteiger partial charge >= 0.3 is 0 Å². The molecule has 0 aromatic heterocycles. The highest BCUT2D eigenvalue weighted by Gasteiger charge is 2.14. The van der Waals surface area contributed by atoms with Crippen LogP contribution in [-0.2, 0) is 6.54 Å². The molecule has 0 radical (unpaired) electrons. The lowest BCUT2D eigenvalue weighted by Gasteiger charge is -2.30. The fourth-order valence-electron chi connectivity index (χ4n) is 2.21. The third kappa shape index (κ3) is 3.10. The van der Waals surface area contributed by atoms with E-state index >= 15 is 0 Å². The van der Waals surface area contributed by atoms with Gasteiger partial charge in [-0.1, -0.05) is 30.3 Å². The number of nitriles is 1. The van der Waals surface area contributed by atoms with Crippen molar-refractivity contribution in [2.24, 2.45) is 0 Å². The quantitative estimate of drug-likeness (QED) is 0.860. The molecule has 0 aliphatic heterocycles. The van der Waals surface area contributed by atoms with Crippen molar-refractivity contribution in [2.45, 2.75) is 26.4 Å². The van der Waals surface area contributed by atoms with Gasteiger partial charge in [0.2, 0.25) is 0 Å². The van der Waals surface area contributed by atoms with Crippen LogP contribution in [0.2, 0.25) is 0 Å². The molecule has 0 bridgehead atoms. The standard InChI is InChI=1S/C17H19N3/c1-13(2)20(12-14-6-4-3-5-7-14)17-9-8-15(11-18)10-16(17)19/h3-10,13H,12,19H2,1-2H3. The van der Waals surface area contributed by atoms with Crippen LogP contribution >= 0.6 is 0 Å². The normalized spacial score (nSPS) is 10.3. The Morgan fingerprint density at radius 3 is 2.40 bits per heavy atom. The Labute approximate surface area is 120 Å². The van der Waals surface area contributed by atoms with Gasteiger partial charge in [-0.05, 0) is 37.6 Å². The maximum absolute atomic E-state index is 8.92. The Balaban J connectivity index is 2.32. The maximum Gasteiger partial charge on any atom is 0.0992 e. The Bertz CT molecular complexity index is 612. The Morgan fingerprint density at radius 2 is 1.85 bits per heavy atom. The zero-order chi connectivity index (χ0) is 14.5. The summed E-state index contributed by atoms with van der Waals surface area (Å²) in [5, 5.41) is 8.92. The third-order valence-electron chi connectivity index (χ3n) is 3.29. The summed E-state index contributed by atoms with van der Waals surface area (Å²) in [5.41, 5.74) is 9.55. The van der Waals surface area contributed by atoms with Crippen molar-refractivity contribution in [3.63, 3.8) is 0 Å². The Kier molecular flexibility index (Phi) is 4.27. The molecular formula is C17H19N3. The topological polar surface area (TPSA) is 53.0 Å². The van der Waals surface area contributed by atoms with E-state index in [-0.39, 0.29) is 0 Å². The van der Waals surface area contributed by atoms with E-state index in [0.29, 0.717) is 17.3 Å². The molecule has 0 aliphatic rings. The number of rotatable bonds is 4. The van der Waals surface area contributed by atoms with Gasteiger partial charge in [0, 0.05) is 12.6 Å². The van der Waals surface area contributed by atoms with E-state index in [0.717, 1.165) is 12.2 Å². The molecule has 2 aromatic carbocycles. The van der Waals surface area contributed by atoms with Gasteiger partial charge in [-0.2, -0.15) is 5.26 Å². The van der Waals surface area contributed by atoms with Gasteiger partial charge in [0.25, 0.3) is 0 Å². The molecule has 0 atom stereocenters. The predicted molar refractivity (Wildman–Crippen MR) is 83.3 cm³/mol. The number of nitrogens with zero attached hydrogens (tertiary/aromatic N) is 2.